The Bertz CT molecular complexity index is 485. The summed E-state index contributed by atoms with van der Waals surface area (Å²) in [4.78, 5) is 2.24. The number of halogens is 1. The Morgan fingerprint density at radius 3 is 2.68 bits per heavy atom. The van der Waals surface area contributed by atoms with Crippen LogP contribution in [0, 0.1) is 0 Å². The first kappa shape index (κ1) is 14.3. The molecule has 1 heterocycles. The topological polar surface area (TPSA) is 60.0 Å². The van der Waals surface area contributed by atoms with Crippen LogP contribution in [0.4, 0.5) is 5.95 Å². The molecule has 2 aromatic rings. The van der Waals surface area contributed by atoms with Crippen molar-refractivity contribution >= 4 is 28.5 Å². The van der Waals surface area contributed by atoms with E-state index < -0.39 is 0 Å². The molecule has 2 rings (SSSR count). The van der Waals surface area contributed by atoms with E-state index in [2.05, 4.69) is 49.8 Å². The highest BCUT2D eigenvalue weighted by molar-refractivity contribution is 14.1. The van der Waals surface area contributed by atoms with Crippen LogP contribution in [0.1, 0.15) is 6.42 Å². The maximum Gasteiger partial charge on any atom is 0.231 e. The van der Waals surface area contributed by atoms with Crippen molar-refractivity contribution in [3.05, 3.63) is 36.7 Å². The maximum absolute atomic E-state index is 5.60. The summed E-state index contributed by atoms with van der Waals surface area (Å²) in [5.41, 5.74) is 6.68. The normalized spacial score (nSPS) is 10.6. The predicted octanol–water partition coefficient (Wildman–Crippen LogP) is 1.86. The highest BCUT2D eigenvalue weighted by Crippen LogP contribution is 2.17. The van der Waals surface area contributed by atoms with Crippen LogP contribution < -0.4 is 10.6 Å². The highest BCUT2D eigenvalue weighted by atomic mass is 127. The summed E-state index contributed by atoms with van der Waals surface area (Å²) in [7, 11) is 0. The number of anilines is 1. The van der Waals surface area contributed by atoms with Crippen LogP contribution in [0.15, 0.2) is 36.7 Å². The van der Waals surface area contributed by atoms with E-state index in [1.807, 2.05) is 22.8 Å². The first-order chi connectivity index (χ1) is 9.36. The van der Waals surface area contributed by atoms with Crippen LogP contribution in [0.3, 0.4) is 0 Å². The van der Waals surface area contributed by atoms with Crippen molar-refractivity contribution in [2.24, 2.45) is 5.73 Å². The SMILES string of the molecule is NCCCN(CCI)c1nncn1-c1ccccc1. The third-order valence-corrected chi connectivity index (χ3v) is 3.32. The summed E-state index contributed by atoms with van der Waals surface area (Å²) in [6.07, 6.45) is 2.71. The molecular formula is C13H18IN5. The molecule has 6 heteroatoms. The van der Waals surface area contributed by atoms with Crippen LogP contribution in [0.25, 0.3) is 5.69 Å². The molecule has 19 heavy (non-hydrogen) atoms. The van der Waals surface area contributed by atoms with Crippen LogP contribution in [0.2, 0.25) is 0 Å². The molecule has 0 saturated heterocycles. The number of aromatic nitrogens is 3. The van der Waals surface area contributed by atoms with E-state index in [9.17, 15) is 0 Å². The minimum absolute atomic E-state index is 0.692. The molecule has 0 atom stereocenters. The van der Waals surface area contributed by atoms with E-state index in [1.54, 1.807) is 6.33 Å². The van der Waals surface area contributed by atoms with E-state index in [1.165, 1.54) is 0 Å². The van der Waals surface area contributed by atoms with Gasteiger partial charge >= 0.3 is 0 Å². The Morgan fingerprint density at radius 2 is 2.00 bits per heavy atom. The number of nitrogens with two attached hydrogens (primary N) is 1. The van der Waals surface area contributed by atoms with Crippen molar-refractivity contribution in [3.8, 4) is 5.69 Å². The molecule has 0 unspecified atom stereocenters. The van der Waals surface area contributed by atoms with Gasteiger partial charge in [-0.15, -0.1) is 10.2 Å². The van der Waals surface area contributed by atoms with Crippen molar-refractivity contribution in [1.29, 1.82) is 0 Å². The van der Waals surface area contributed by atoms with Crippen LogP contribution >= 0.6 is 22.6 Å². The summed E-state index contributed by atoms with van der Waals surface area (Å²) >= 11 is 2.38. The molecule has 1 aromatic carbocycles. The number of rotatable bonds is 7. The zero-order chi connectivity index (χ0) is 13.5. The second kappa shape index (κ2) is 7.44. The molecule has 0 amide bonds. The van der Waals surface area contributed by atoms with E-state index in [4.69, 9.17) is 5.73 Å². The summed E-state index contributed by atoms with van der Waals surface area (Å²) in [5.74, 6) is 0.885. The molecule has 0 spiro atoms. The standard InChI is InChI=1S/C13H18IN5/c14-7-10-18(9-4-8-15)13-17-16-11-19(13)12-5-2-1-3-6-12/h1-3,5-6,11H,4,7-10,15H2. The molecule has 0 saturated carbocycles. The predicted molar refractivity (Wildman–Crippen MR) is 86.1 cm³/mol. The second-order valence-corrected chi connectivity index (χ2v) is 5.23. The van der Waals surface area contributed by atoms with E-state index in [0.717, 1.165) is 35.6 Å². The van der Waals surface area contributed by atoms with Gasteiger partial charge in [-0.3, -0.25) is 4.57 Å². The van der Waals surface area contributed by atoms with Crippen LogP contribution in [0.5, 0.6) is 0 Å². The van der Waals surface area contributed by atoms with Gasteiger partial charge in [0.05, 0.1) is 5.69 Å². The van der Waals surface area contributed by atoms with Crippen molar-refractivity contribution in [1.82, 2.24) is 14.8 Å². The molecule has 0 aliphatic carbocycles. The lowest BCUT2D eigenvalue weighted by molar-refractivity contribution is 0.729. The van der Waals surface area contributed by atoms with Crippen molar-refractivity contribution in [3.63, 3.8) is 0 Å². The third kappa shape index (κ3) is 3.66. The molecule has 2 N–H and O–H groups in total. The Hall–Kier alpha value is -1.15. The van der Waals surface area contributed by atoms with Crippen molar-refractivity contribution < 1.29 is 0 Å². The average Bonchev–Trinajstić information content (AvgIpc) is 2.93. The van der Waals surface area contributed by atoms with Gasteiger partial charge in [0.1, 0.15) is 6.33 Å². The van der Waals surface area contributed by atoms with E-state index in [-0.39, 0.29) is 0 Å². The Labute approximate surface area is 127 Å². The van der Waals surface area contributed by atoms with Gasteiger partial charge in [0.25, 0.3) is 0 Å². The minimum Gasteiger partial charge on any atom is -0.340 e. The fourth-order valence-electron chi connectivity index (χ4n) is 1.91. The number of hydrogen-bond donors (Lipinski definition) is 1. The molecule has 0 aliphatic heterocycles. The quantitative estimate of drug-likeness (QED) is 0.596. The fraction of sp³-hybridized carbons (Fsp3) is 0.385. The molecule has 102 valence electrons. The van der Waals surface area contributed by atoms with E-state index in [0.29, 0.717) is 6.54 Å². The van der Waals surface area contributed by atoms with Gasteiger partial charge in [0.2, 0.25) is 5.95 Å². The first-order valence-corrected chi connectivity index (χ1v) is 7.86. The van der Waals surface area contributed by atoms with Crippen molar-refractivity contribution in [2.75, 3.05) is 29.0 Å². The van der Waals surface area contributed by atoms with Gasteiger partial charge in [0, 0.05) is 17.5 Å². The molecule has 0 bridgehead atoms. The number of benzene rings is 1. The molecule has 1 aromatic heterocycles. The molecule has 5 nitrogen and oxygen atoms in total. The molecule has 0 fully saturated rings. The Balaban J connectivity index is 2.26. The summed E-state index contributed by atoms with van der Waals surface area (Å²) in [6.45, 7) is 2.55. The monoisotopic (exact) mass is 371 g/mol. The van der Waals surface area contributed by atoms with Gasteiger partial charge in [-0.2, -0.15) is 0 Å². The third-order valence-electron chi connectivity index (χ3n) is 2.83. The second-order valence-electron chi connectivity index (χ2n) is 4.15. The smallest absolute Gasteiger partial charge is 0.231 e. The summed E-state index contributed by atoms with van der Waals surface area (Å²) in [5, 5.41) is 8.31. The molecule has 0 radical (unpaired) electrons. The number of para-hydroxylation sites is 1. The lowest BCUT2D eigenvalue weighted by atomic mass is 10.3. The Kier molecular flexibility index (Phi) is 5.59. The first-order valence-electron chi connectivity index (χ1n) is 6.33. The fourth-order valence-corrected chi connectivity index (χ4v) is 2.49. The zero-order valence-corrected chi connectivity index (χ0v) is 12.9. The van der Waals surface area contributed by atoms with Crippen molar-refractivity contribution in [2.45, 2.75) is 6.42 Å². The Morgan fingerprint density at radius 1 is 1.21 bits per heavy atom. The summed E-state index contributed by atoms with van der Waals surface area (Å²) in [6, 6.07) is 10.1. The van der Waals surface area contributed by atoms with Gasteiger partial charge in [0.15, 0.2) is 0 Å². The van der Waals surface area contributed by atoms with Gasteiger partial charge < -0.3 is 10.6 Å². The number of alkyl halides is 1. The number of hydrogen-bond acceptors (Lipinski definition) is 4. The largest absolute Gasteiger partial charge is 0.340 e. The van der Waals surface area contributed by atoms with Gasteiger partial charge in [-0.1, -0.05) is 40.8 Å². The lowest BCUT2D eigenvalue weighted by Gasteiger charge is -2.22. The van der Waals surface area contributed by atoms with Gasteiger partial charge in [-0.05, 0) is 25.1 Å². The van der Waals surface area contributed by atoms with Crippen LogP contribution in [-0.4, -0.2) is 38.8 Å². The van der Waals surface area contributed by atoms with E-state index >= 15 is 0 Å². The van der Waals surface area contributed by atoms with Gasteiger partial charge in [-0.25, -0.2) is 0 Å². The van der Waals surface area contributed by atoms with Crippen LogP contribution in [-0.2, 0) is 0 Å². The molecular weight excluding hydrogens is 353 g/mol. The highest BCUT2D eigenvalue weighted by Gasteiger charge is 2.13. The zero-order valence-electron chi connectivity index (χ0n) is 10.7. The maximum atomic E-state index is 5.60. The number of nitrogens with zero attached hydrogens (tertiary/aromatic N) is 4. The minimum atomic E-state index is 0.692. The molecule has 0 aliphatic rings. The lowest BCUT2D eigenvalue weighted by Crippen LogP contribution is -2.30. The average molecular weight is 371 g/mol. The summed E-state index contributed by atoms with van der Waals surface area (Å²) < 4.78 is 3.06.